The van der Waals surface area contributed by atoms with E-state index in [2.05, 4.69) is 59.9 Å². The zero-order chi connectivity index (χ0) is 44.6. The Morgan fingerprint density at radius 1 is 0.726 bits per heavy atom. The lowest BCUT2D eigenvalue weighted by molar-refractivity contribution is -0.385. The molecule has 0 unspecified atom stereocenters. The van der Waals surface area contributed by atoms with E-state index in [0.717, 1.165) is 56.3 Å². The minimum atomic E-state index is -3.66. The number of nitrogens with one attached hydrogen (secondary N) is 3. The monoisotopic (exact) mass is 874 g/mol. The van der Waals surface area contributed by atoms with Gasteiger partial charge in [-0.2, -0.15) is 39.2 Å². The Morgan fingerprint density at radius 2 is 1.19 bits per heavy atom. The van der Waals surface area contributed by atoms with Gasteiger partial charge in [0.1, 0.15) is 0 Å². The molecule has 0 radical (unpaired) electrons. The second kappa shape index (κ2) is 20.0. The summed E-state index contributed by atoms with van der Waals surface area (Å²) in [5.41, 5.74) is 9.22. The van der Waals surface area contributed by atoms with E-state index in [1.54, 1.807) is 35.1 Å². The molecule has 6 heterocycles. The number of nitro groups is 2. The molecule has 23 heteroatoms. The average Bonchev–Trinajstić information content (AvgIpc) is 3.88. The zero-order valence-electron chi connectivity index (χ0n) is 35.0. The SMILES string of the molecule is CC(C)c1cnn2c(Nc3cccc([N+](=O)[O-])c3)nc(NC3CCOCC3)nc12.CC(C)c1cnn2c(Nc3cccc([N+](=O)[O-])c3)nc(S(C)(=O)=O)nc12.NC1CCOCC1. The van der Waals surface area contributed by atoms with Gasteiger partial charge in [-0.05, 0) is 49.7 Å². The van der Waals surface area contributed by atoms with Crippen LogP contribution in [-0.2, 0) is 19.3 Å². The van der Waals surface area contributed by atoms with Crippen molar-refractivity contribution in [2.24, 2.45) is 5.73 Å². The summed E-state index contributed by atoms with van der Waals surface area (Å²) in [6.07, 6.45) is 8.25. The van der Waals surface area contributed by atoms with Crippen LogP contribution in [0.2, 0.25) is 0 Å². The van der Waals surface area contributed by atoms with Crippen LogP contribution in [0.1, 0.15) is 76.3 Å². The summed E-state index contributed by atoms with van der Waals surface area (Å²) in [6.45, 7) is 11.2. The van der Waals surface area contributed by atoms with Gasteiger partial charge in [0, 0.05) is 91.5 Å². The molecule has 62 heavy (non-hydrogen) atoms. The van der Waals surface area contributed by atoms with Gasteiger partial charge in [0.15, 0.2) is 11.3 Å². The van der Waals surface area contributed by atoms with Crippen molar-refractivity contribution in [3.8, 4) is 0 Å². The predicted octanol–water partition coefficient (Wildman–Crippen LogP) is 5.92. The molecule has 2 saturated heterocycles. The van der Waals surface area contributed by atoms with Crippen molar-refractivity contribution >= 4 is 61.7 Å². The maximum atomic E-state index is 12.0. The number of fused-ring (bicyclic) bond motifs is 2. The van der Waals surface area contributed by atoms with Crippen LogP contribution in [0.5, 0.6) is 0 Å². The molecule has 8 rings (SSSR count). The first-order valence-electron chi connectivity index (χ1n) is 20.0. The largest absolute Gasteiger partial charge is 0.381 e. The lowest BCUT2D eigenvalue weighted by Gasteiger charge is -2.23. The normalized spacial score (nSPS) is 14.8. The Bertz CT molecular complexity index is 2620. The number of aromatic nitrogens is 8. The highest BCUT2D eigenvalue weighted by atomic mass is 32.2. The van der Waals surface area contributed by atoms with Crippen molar-refractivity contribution in [2.45, 2.75) is 82.5 Å². The van der Waals surface area contributed by atoms with Crippen LogP contribution in [0, 0.1) is 20.2 Å². The first kappa shape index (κ1) is 45.1. The fourth-order valence-electron chi connectivity index (χ4n) is 6.37. The Labute approximate surface area is 356 Å². The standard InChI is InChI=1S/C19H23N7O3.C15H16N6O4S.C5H11NO/c1-12(2)16-11-20-25-17(16)23-18(21-13-6-8-29-9-7-13)24-19(25)22-14-4-3-5-15(10-14)26(27)28;1-9(2)12-8-16-20-13(12)18-15(26(3,24)25)19-14(20)17-10-5-4-6-11(7-10)21(22)23;6-5-1-3-7-4-2-5/h3-5,10-13H,6-9H2,1-2H3,(H2,21,22,23,24);4-9H,1-3H3,(H,17,18,19);5H,1-4,6H2. The number of sulfone groups is 1. The summed E-state index contributed by atoms with van der Waals surface area (Å²) in [4.78, 5) is 38.5. The van der Waals surface area contributed by atoms with Crippen molar-refractivity contribution in [2.75, 3.05) is 48.6 Å². The minimum absolute atomic E-state index is 0.00388. The summed E-state index contributed by atoms with van der Waals surface area (Å²) in [6, 6.07) is 12.7. The van der Waals surface area contributed by atoms with Crippen LogP contribution in [0.15, 0.2) is 66.1 Å². The van der Waals surface area contributed by atoms with Gasteiger partial charge in [0.05, 0.1) is 22.2 Å². The molecule has 0 saturated carbocycles. The summed E-state index contributed by atoms with van der Waals surface area (Å²) in [5, 5.41) is 39.8. The molecule has 2 fully saturated rings. The van der Waals surface area contributed by atoms with E-state index in [0.29, 0.717) is 53.8 Å². The first-order chi connectivity index (χ1) is 29.6. The lowest BCUT2D eigenvalue weighted by Crippen LogP contribution is -2.29. The van der Waals surface area contributed by atoms with Crippen molar-refractivity contribution in [1.29, 1.82) is 0 Å². The predicted molar refractivity (Wildman–Crippen MR) is 231 cm³/mol. The molecule has 0 atom stereocenters. The topological polar surface area (TPSA) is 287 Å². The number of hydrogen-bond donors (Lipinski definition) is 4. The molecular weight excluding hydrogens is 825 g/mol. The second-order valence-corrected chi connectivity index (χ2v) is 17.2. The number of benzene rings is 2. The van der Waals surface area contributed by atoms with E-state index >= 15 is 0 Å². The summed E-state index contributed by atoms with van der Waals surface area (Å²) >= 11 is 0. The number of non-ortho nitro benzene ring substituents is 2. The third-order valence-electron chi connectivity index (χ3n) is 9.79. The van der Waals surface area contributed by atoms with Crippen LogP contribution in [0.25, 0.3) is 11.3 Å². The fourth-order valence-corrected chi connectivity index (χ4v) is 6.87. The van der Waals surface area contributed by atoms with Gasteiger partial charge in [-0.25, -0.2) is 8.42 Å². The number of rotatable bonds is 11. The van der Waals surface area contributed by atoms with E-state index in [-0.39, 0.29) is 40.4 Å². The Balaban J connectivity index is 0.000000179. The summed E-state index contributed by atoms with van der Waals surface area (Å²) in [5.74, 6) is 1.35. The van der Waals surface area contributed by atoms with Crippen molar-refractivity contribution in [1.82, 2.24) is 39.2 Å². The number of nitrogens with two attached hydrogens (primary N) is 1. The molecule has 0 aliphatic carbocycles. The molecule has 2 aromatic carbocycles. The highest BCUT2D eigenvalue weighted by Crippen LogP contribution is 2.27. The third kappa shape index (κ3) is 11.5. The molecule has 2 aliphatic rings. The first-order valence-corrected chi connectivity index (χ1v) is 21.9. The average molecular weight is 875 g/mol. The molecule has 0 amide bonds. The molecule has 0 spiro atoms. The third-order valence-corrected chi connectivity index (χ3v) is 10.6. The highest BCUT2D eigenvalue weighted by Gasteiger charge is 2.22. The minimum Gasteiger partial charge on any atom is -0.381 e. The van der Waals surface area contributed by atoms with E-state index in [4.69, 9.17) is 15.2 Å². The van der Waals surface area contributed by atoms with Crippen LogP contribution < -0.4 is 21.7 Å². The van der Waals surface area contributed by atoms with E-state index in [9.17, 15) is 28.6 Å². The molecule has 2 aliphatic heterocycles. The smallest absolute Gasteiger partial charge is 0.271 e. The Kier molecular flexibility index (Phi) is 14.5. The van der Waals surface area contributed by atoms with Gasteiger partial charge < -0.3 is 31.2 Å². The molecule has 330 valence electrons. The second-order valence-electron chi connectivity index (χ2n) is 15.3. The summed E-state index contributed by atoms with van der Waals surface area (Å²) < 4.78 is 37.4. The maximum Gasteiger partial charge on any atom is 0.271 e. The molecule has 22 nitrogen and oxygen atoms in total. The molecule has 6 aromatic rings. The van der Waals surface area contributed by atoms with Crippen LogP contribution in [0.4, 0.5) is 40.6 Å². The van der Waals surface area contributed by atoms with E-state index < -0.39 is 19.7 Å². The van der Waals surface area contributed by atoms with E-state index in [1.165, 1.54) is 34.8 Å². The molecular formula is C39H50N14O8S. The van der Waals surface area contributed by atoms with Crippen molar-refractivity contribution in [3.63, 3.8) is 0 Å². The Hall–Kier alpha value is -6.43. The fraction of sp³-hybridized carbons (Fsp3) is 0.436. The highest BCUT2D eigenvalue weighted by molar-refractivity contribution is 7.90. The molecule has 5 N–H and O–H groups in total. The van der Waals surface area contributed by atoms with Crippen LogP contribution in [0.3, 0.4) is 0 Å². The molecule has 4 aromatic heterocycles. The van der Waals surface area contributed by atoms with Crippen LogP contribution >= 0.6 is 0 Å². The number of nitro benzene ring substituents is 2. The number of anilines is 5. The van der Waals surface area contributed by atoms with Gasteiger partial charge in [0.25, 0.3) is 16.5 Å². The number of ether oxygens (including phenoxy) is 2. The van der Waals surface area contributed by atoms with E-state index in [1.807, 2.05) is 13.8 Å². The zero-order valence-corrected chi connectivity index (χ0v) is 35.8. The summed E-state index contributed by atoms with van der Waals surface area (Å²) in [7, 11) is -3.66. The maximum absolute atomic E-state index is 12.0. The van der Waals surface area contributed by atoms with Crippen LogP contribution in [-0.4, -0.2) is 102 Å². The van der Waals surface area contributed by atoms with Gasteiger partial charge in [0.2, 0.25) is 27.7 Å². The van der Waals surface area contributed by atoms with Crippen molar-refractivity contribution in [3.05, 3.63) is 92.3 Å². The Morgan fingerprint density at radius 3 is 1.63 bits per heavy atom. The van der Waals surface area contributed by atoms with Crippen molar-refractivity contribution < 1.29 is 27.7 Å². The van der Waals surface area contributed by atoms with Gasteiger partial charge in [-0.15, -0.1) is 0 Å². The lowest BCUT2D eigenvalue weighted by atomic mass is 10.1. The van der Waals surface area contributed by atoms with Gasteiger partial charge >= 0.3 is 0 Å². The molecule has 0 bridgehead atoms. The van der Waals surface area contributed by atoms with Gasteiger partial charge in [-0.1, -0.05) is 39.8 Å². The number of hydrogen-bond acceptors (Lipinski definition) is 18. The quantitative estimate of drug-likeness (QED) is 0.0868. The number of nitrogens with zero attached hydrogens (tertiary/aromatic N) is 10. The van der Waals surface area contributed by atoms with Gasteiger partial charge in [-0.3, -0.25) is 20.2 Å².